The number of imide groups is 1. The minimum absolute atomic E-state index is 0. The molecule has 0 aliphatic carbocycles. The van der Waals surface area contributed by atoms with E-state index in [1.54, 1.807) is 0 Å². The molecule has 10 heteroatoms. The number of rotatable bonds is 4. The van der Waals surface area contributed by atoms with Gasteiger partial charge in [0, 0.05) is 12.8 Å². The number of benzene rings is 1. The molecule has 1 aliphatic heterocycles. The second kappa shape index (κ2) is 7.27. The van der Waals surface area contributed by atoms with Gasteiger partial charge in [-0.15, -0.1) is 17.5 Å². The molecule has 1 aromatic rings. The van der Waals surface area contributed by atoms with E-state index in [1.807, 2.05) is 0 Å². The molecule has 0 aromatic heterocycles. The average Bonchev–Trinajstić information content (AvgIpc) is 2.77. The number of hydrazine groups is 1. The molecular formula is C12H13ClN4O5. The van der Waals surface area contributed by atoms with E-state index in [0.717, 1.165) is 0 Å². The average molecular weight is 329 g/mol. The molecule has 0 unspecified atom stereocenters. The van der Waals surface area contributed by atoms with Crippen molar-refractivity contribution in [1.82, 2.24) is 10.5 Å². The molecule has 0 bridgehead atoms. The number of hydrogen-bond acceptors (Lipinski definition) is 6. The molecule has 2 rings (SSSR count). The summed E-state index contributed by atoms with van der Waals surface area (Å²) in [5.74, 6) is -1.91. The summed E-state index contributed by atoms with van der Waals surface area (Å²) in [4.78, 5) is 49.7. The monoisotopic (exact) mass is 328 g/mol. The normalized spacial score (nSPS) is 13.4. The van der Waals surface area contributed by atoms with Crippen LogP contribution in [-0.2, 0) is 14.4 Å². The lowest BCUT2D eigenvalue weighted by Gasteiger charge is -2.12. The van der Waals surface area contributed by atoms with E-state index < -0.39 is 23.8 Å². The molecule has 1 saturated heterocycles. The van der Waals surface area contributed by atoms with Crippen LogP contribution in [0.1, 0.15) is 23.2 Å². The third-order valence-corrected chi connectivity index (χ3v) is 2.63. The fourth-order valence-corrected chi connectivity index (χ4v) is 1.62. The number of carbonyl (C=O) groups excluding carboxylic acids is 4. The third-order valence-electron chi connectivity index (χ3n) is 2.63. The van der Waals surface area contributed by atoms with E-state index in [2.05, 4.69) is 10.9 Å². The van der Waals surface area contributed by atoms with Crippen LogP contribution in [0.4, 0.5) is 10.5 Å². The van der Waals surface area contributed by atoms with Gasteiger partial charge in [0.15, 0.2) is 0 Å². The molecule has 1 heterocycles. The highest BCUT2D eigenvalue weighted by atomic mass is 35.5. The standard InChI is InChI=1S/C12H12N4O5.ClH/c13-12(20)15-14-8-3-1-7(2-4-8)11(19)21-16-9(17)5-6-10(16)18;/h1-4,14H,5-6H2,(H3,13,15,20);1H. The lowest BCUT2D eigenvalue weighted by Crippen LogP contribution is -2.34. The van der Waals surface area contributed by atoms with E-state index in [1.165, 1.54) is 24.3 Å². The first kappa shape index (κ1) is 17.2. The molecule has 1 aliphatic rings. The Balaban J connectivity index is 0.00000242. The molecule has 4 amide bonds. The van der Waals surface area contributed by atoms with Gasteiger partial charge < -0.3 is 10.6 Å². The van der Waals surface area contributed by atoms with Gasteiger partial charge in [-0.2, -0.15) is 0 Å². The minimum Gasteiger partial charge on any atom is -0.350 e. The van der Waals surface area contributed by atoms with Gasteiger partial charge in [0.25, 0.3) is 11.8 Å². The van der Waals surface area contributed by atoms with Crippen LogP contribution in [0.25, 0.3) is 0 Å². The quantitative estimate of drug-likeness (QED) is 0.539. The smallest absolute Gasteiger partial charge is 0.350 e. The number of hydrogen-bond donors (Lipinski definition) is 3. The number of carbonyl (C=O) groups is 4. The number of hydroxylamine groups is 2. The Labute approximate surface area is 131 Å². The SMILES string of the molecule is Cl.NC(=O)NNc1ccc(C(=O)ON2C(=O)CCC2=O)cc1. The number of halogens is 1. The van der Waals surface area contributed by atoms with Gasteiger partial charge in [-0.3, -0.25) is 20.4 Å². The molecule has 1 aromatic carbocycles. The first-order chi connectivity index (χ1) is 9.97. The molecule has 0 radical (unpaired) electrons. The van der Waals surface area contributed by atoms with Crippen LogP contribution in [0.5, 0.6) is 0 Å². The van der Waals surface area contributed by atoms with Gasteiger partial charge in [-0.1, -0.05) is 0 Å². The Bertz CT molecular complexity index is 588. The van der Waals surface area contributed by atoms with Crippen molar-refractivity contribution in [2.24, 2.45) is 5.73 Å². The largest absolute Gasteiger partial charge is 0.363 e. The van der Waals surface area contributed by atoms with Crippen molar-refractivity contribution >= 4 is 41.9 Å². The van der Waals surface area contributed by atoms with Crippen molar-refractivity contribution in [3.05, 3.63) is 29.8 Å². The third kappa shape index (κ3) is 4.09. The lowest BCUT2D eigenvalue weighted by atomic mass is 10.2. The Hall–Kier alpha value is -2.81. The lowest BCUT2D eigenvalue weighted by molar-refractivity contribution is -0.172. The highest BCUT2D eigenvalue weighted by Gasteiger charge is 2.33. The predicted molar refractivity (Wildman–Crippen MR) is 76.5 cm³/mol. The highest BCUT2D eigenvalue weighted by Crippen LogP contribution is 2.15. The summed E-state index contributed by atoms with van der Waals surface area (Å²) in [7, 11) is 0. The van der Waals surface area contributed by atoms with Crippen molar-refractivity contribution in [1.29, 1.82) is 0 Å². The second-order valence-corrected chi connectivity index (χ2v) is 4.15. The Morgan fingerprint density at radius 2 is 1.64 bits per heavy atom. The van der Waals surface area contributed by atoms with Crippen LogP contribution in [0.2, 0.25) is 0 Å². The molecule has 0 saturated carbocycles. The Kier molecular flexibility index (Phi) is 5.70. The van der Waals surface area contributed by atoms with E-state index in [4.69, 9.17) is 10.6 Å². The maximum absolute atomic E-state index is 11.8. The van der Waals surface area contributed by atoms with E-state index in [0.29, 0.717) is 10.8 Å². The first-order valence-electron chi connectivity index (χ1n) is 5.97. The van der Waals surface area contributed by atoms with Crippen LogP contribution in [-0.4, -0.2) is 28.9 Å². The predicted octanol–water partition coefficient (Wildman–Crippen LogP) is 0.324. The zero-order chi connectivity index (χ0) is 15.4. The summed E-state index contributed by atoms with van der Waals surface area (Å²) >= 11 is 0. The summed E-state index contributed by atoms with van der Waals surface area (Å²) < 4.78 is 0. The molecule has 9 nitrogen and oxygen atoms in total. The van der Waals surface area contributed by atoms with Gasteiger partial charge in [0.1, 0.15) is 0 Å². The minimum atomic E-state index is -0.826. The van der Waals surface area contributed by atoms with Crippen LogP contribution >= 0.6 is 12.4 Å². The fourth-order valence-electron chi connectivity index (χ4n) is 1.62. The number of primary amides is 1. The van der Waals surface area contributed by atoms with Crippen LogP contribution in [0.3, 0.4) is 0 Å². The zero-order valence-corrected chi connectivity index (χ0v) is 12.0. The van der Waals surface area contributed by atoms with Crippen molar-refractivity contribution in [3.8, 4) is 0 Å². The number of nitrogens with zero attached hydrogens (tertiary/aromatic N) is 1. The van der Waals surface area contributed by atoms with Gasteiger partial charge in [-0.25, -0.2) is 9.59 Å². The number of nitrogens with two attached hydrogens (primary N) is 1. The highest BCUT2D eigenvalue weighted by molar-refractivity contribution is 6.02. The van der Waals surface area contributed by atoms with Crippen molar-refractivity contribution in [2.45, 2.75) is 12.8 Å². The molecular weight excluding hydrogens is 316 g/mol. The molecule has 1 fully saturated rings. The van der Waals surface area contributed by atoms with Gasteiger partial charge in [0.2, 0.25) is 0 Å². The van der Waals surface area contributed by atoms with Crippen LogP contribution < -0.4 is 16.6 Å². The van der Waals surface area contributed by atoms with Crippen molar-refractivity contribution < 1.29 is 24.0 Å². The second-order valence-electron chi connectivity index (χ2n) is 4.15. The molecule has 4 N–H and O–H groups in total. The maximum Gasteiger partial charge on any atom is 0.363 e. The zero-order valence-electron chi connectivity index (χ0n) is 11.2. The molecule has 0 spiro atoms. The fraction of sp³-hybridized carbons (Fsp3) is 0.167. The van der Waals surface area contributed by atoms with Crippen LogP contribution in [0.15, 0.2) is 24.3 Å². The number of amides is 4. The molecule has 22 heavy (non-hydrogen) atoms. The van der Waals surface area contributed by atoms with Gasteiger partial charge in [-0.05, 0) is 24.3 Å². The molecule has 0 atom stereocenters. The summed E-state index contributed by atoms with van der Waals surface area (Å²) in [5.41, 5.74) is 10.2. The van der Waals surface area contributed by atoms with Gasteiger partial charge in [0.05, 0.1) is 11.3 Å². The topological polar surface area (TPSA) is 131 Å². The maximum atomic E-state index is 11.8. The summed E-state index contributed by atoms with van der Waals surface area (Å²) in [6.07, 6.45) is 0.0709. The van der Waals surface area contributed by atoms with Crippen molar-refractivity contribution in [2.75, 3.05) is 5.43 Å². The Morgan fingerprint density at radius 3 is 2.14 bits per heavy atom. The Morgan fingerprint density at radius 1 is 1.09 bits per heavy atom. The number of anilines is 1. The summed E-state index contributed by atoms with van der Waals surface area (Å²) in [6, 6.07) is 5.02. The van der Waals surface area contributed by atoms with Gasteiger partial charge >= 0.3 is 12.0 Å². The van der Waals surface area contributed by atoms with E-state index >= 15 is 0 Å². The summed E-state index contributed by atoms with van der Waals surface area (Å²) in [5, 5.41) is 0.475. The number of nitrogens with one attached hydrogen (secondary N) is 2. The summed E-state index contributed by atoms with van der Waals surface area (Å²) in [6.45, 7) is 0. The number of urea groups is 1. The van der Waals surface area contributed by atoms with Crippen molar-refractivity contribution in [3.63, 3.8) is 0 Å². The van der Waals surface area contributed by atoms with Crippen LogP contribution in [0, 0.1) is 0 Å². The first-order valence-corrected chi connectivity index (χ1v) is 5.97. The van der Waals surface area contributed by atoms with E-state index in [-0.39, 0.29) is 30.8 Å². The van der Waals surface area contributed by atoms with E-state index in [9.17, 15) is 19.2 Å². The molecule has 118 valence electrons.